The fourth-order valence-electron chi connectivity index (χ4n) is 3.23. The Kier molecular flexibility index (Phi) is 5.48. The normalized spacial score (nSPS) is 17.2. The van der Waals surface area contributed by atoms with Crippen molar-refractivity contribution in [1.82, 2.24) is 14.9 Å². The average Bonchev–Trinajstić information content (AvgIpc) is 2.68. The first kappa shape index (κ1) is 17.2. The van der Waals surface area contributed by atoms with Crippen molar-refractivity contribution >= 4 is 17.5 Å². The number of anilines is 2. The number of ether oxygens (including phenoxy) is 1. The van der Waals surface area contributed by atoms with Gasteiger partial charge in [0.2, 0.25) is 5.95 Å². The first-order chi connectivity index (χ1) is 12.2. The maximum atomic E-state index is 12.7. The van der Waals surface area contributed by atoms with Gasteiger partial charge in [-0.1, -0.05) is 19.1 Å². The van der Waals surface area contributed by atoms with Crippen molar-refractivity contribution in [2.24, 2.45) is 0 Å². The molecule has 1 aromatic carbocycles. The second-order valence-corrected chi connectivity index (χ2v) is 6.18. The third-order valence-corrected chi connectivity index (χ3v) is 4.61. The smallest absolute Gasteiger partial charge is 0.257 e. The Morgan fingerprint density at radius 3 is 2.76 bits per heavy atom. The van der Waals surface area contributed by atoms with Gasteiger partial charge in [0.1, 0.15) is 5.75 Å². The molecule has 0 bridgehead atoms. The molecule has 0 saturated carbocycles. The summed E-state index contributed by atoms with van der Waals surface area (Å²) in [5, 5.41) is 3.12. The van der Waals surface area contributed by atoms with Crippen LogP contribution in [0.5, 0.6) is 5.75 Å². The van der Waals surface area contributed by atoms with E-state index in [1.807, 2.05) is 29.2 Å². The van der Waals surface area contributed by atoms with Gasteiger partial charge in [0.15, 0.2) is 0 Å². The summed E-state index contributed by atoms with van der Waals surface area (Å²) in [6.07, 6.45) is 7.51. The molecule has 6 heteroatoms. The number of benzene rings is 1. The highest BCUT2D eigenvalue weighted by molar-refractivity contribution is 5.94. The molecule has 1 aliphatic heterocycles. The van der Waals surface area contributed by atoms with Crippen LogP contribution < -0.4 is 10.1 Å². The van der Waals surface area contributed by atoms with Crippen LogP contribution in [0.25, 0.3) is 0 Å². The summed E-state index contributed by atoms with van der Waals surface area (Å²) < 4.78 is 5.30. The highest BCUT2D eigenvalue weighted by Gasteiger charge is 2.26. The Morgan fingerprint density at radius 1 is 1.28 bits per heavy atom. The number of hydrogen-bond donors (Lipinski definition) is 1. The van der Waals surface area contributed by atoms with Gasteiger partial charge in [0.05, 0.1) is 18.4 Å². The SMILES string of the molecule is CCC1CCCCN1C(=O)c1cnc(Nc2ccccc2OC)nc1. The Bertz CT molecular complexity index is 718. The van der Waals surface area contributed by atoms with E-state index in [2.05, 4.69) is 22.2 Å². The number of aromatic nitrogens is 2. The zero-order chi connectivity index (χ0) is 17.6. The summed E-state index contributed by atoms with van der Waals surface area (Å²) in [6.45, 7) is 2.95. The number of amides is 1. The third kappa shape index (κ3) is 3.90. The predicted octanol–water partition coefficient (Wildman–Crippen LogP) is 3.63. The monoisotopic (exact) mass is 340 g/mol. The summed E-state index contributed by atoms with van der Waals surface area (Å²) in [7, 11) is 1.62. The molecule has 3 rings (SSSR count). The summed E-state index contributed by atoms with van der Waals surface area (Å²) >= 11 is 0. The summed E-state index contributed by atoms with van der Waals surface area (Å²) in [6, 6.07) is 7.88. The average molecular weight is 340 g/mol. The van der Waals surface area contributed by atoms with E-state index in [-0.39, 0.29) is 5.91 Å². The summed E-state index contributed by atoms with van der Waals surface area (Å²) in [5.41, 5.74) is 1.32. The van der Waals surface area contributed by atoms with Gasteiger partial charge >= 0.3 is 0 Å². The lowest BCUT2D eigenvalue weighted by molar-refractivity contribution is 0.0607. The molecule has 0 spiro atoms. The number of carbonyl (C=O) groups excluding carboxylic acids is 1. The first-order valence-electron chi connectivity index (χ1n) is 8.76. The largest absolute Gasteiger partial charge is 0.495 e. The van der Waals surface area contributed by atoms with E-state index < -0.39 is 0 Å². The van der Waals surface area contributed by atoms with E-state index in [1.54, 1.807) is 19.5 Å². The van der Waals surface area contributed by atoms with E-state index in [0.717, 1.165) is 31.5 Å². The molecule has 1 N–H and O–H groups in total. The van der Waals surface area contributed by atoms with E-state index in [4.69, 9.17) is 4.74 Å². The number of rotatable bonds is 5. The molecule has 0 aliphatic carbocycles. The molecule has 1 aromatic heterocycles. The summed E-state index contributed by atoms with van der Waals surface area (Å²) in [5.74, 6) is 1.17. The van der Waals surface area contributed by atoms with Crippen LogP contribution in [0.15, 0.2) is 36.7 Å². The lowest BCUT2D eigenvalue weighted by atomic mass is 9.99. The Morgan fingerprint density at radius 2 is 2.04 bits per heavy atom. The number of likely N-dealkylation sites (tertiary alicyclic amines) is 1. The fraction of sp³-hybridized carbons (Fsp3) is 0.421. The second kappa shape index (κ2) is 7.96. The molecule has 1 fully saturated rings. The molecule has 2 aromatic rings. The van der Waals surface area contributed by atoms with E-state index >= 15 is 0 Å². The zero-order valence-electron chi connectivity index (χ0n) is 14.7. The minimum absolute atomic E-state index is 0.0235. The van der Waals surface area contributed by atoms with Gasteiger partial charge in [-0.3, -0.25) is 4.79 Å². The lowest BCUT2D eigenvalue weighted by Crippen LogP contribution is -2.43. The van der Waals surface area contributed by atoms with Crippen LogP contribution in [0.3, 0.4) is 0 Å². The molecular formula is C19H24N4O2. The molecular weight excluding hydrogens is 316 g/mol. The van der Waals surface area contributed by atoms with E-state index in [1.165, 1.54) is 6.42 Å². The van der Waals surface area contributed by atoms with E-state index in [9.17, 15) is 4.79 Å². The number of carbonyl (C=O) groups is 1. The minimum atomic E-state index is 0.0235. The van der Waals surface area contributed by atoms with Crippen LogP contribution in [0.4, 0.5) is 11.6 Å². The quantitative estimate of drug-likeness (QED) is 0.900. The van der Waals surface area contributed by atoms with Crippen LogP contribution in [0.1, 0.15) is 43.0 Å². The van der Waals surface area contributed by atoms with Crippen molar-refractivity contribution in [2.75, 3.05) is 19.0 Å². The molecule has 1 atom stereocenters. The number of methoxy groups -OCH3 is 1. The molecule has 1 unspecified atom stereocenters. The zero-order valence-corrected chi connectivity index (χ0v) is 14.7. The molecule has 1 amide bonds. The number of nitrogens with zero attached hydrogens (tertiary/aromatic N) is 3. The molecule has 1 saturated heterocycles. The van der Waals surface area contributed by atoms with Crippen LogP contribution in [0, 0.1) is 0 Å². The molecule has 1 aliphatic rings. The molecule has 25 heavy (non-hydrogen) atoms. The van der Waals surface area contributed by atoms with Crippen molar-refractivity contribution in [1.29, 1.82) is 0 Å². The van der Waals surface area contributed by atoms with Crippen LogP contribution in [-0.4, -0.2) is 40.5 Å². The third-order valence-electron chi connectivity index (χ3n) is 4.61. The van der Waals surface area contributed by atoms with Gasteiger partial charge in [0.25, 0.3) is 5.91 Å². The van der Waals surface area contributed by atoms with Crippen molar-refractivity contribution in [3.63, 3.8) is 0 Å². The van der Waals surface area contributed by atoms with Gasteiger partial charge in [-0.05, 0) is 37.8 Å². The predicted molar refractivity (Wildman–Crippen MR) is 97.3 cm³/mol. The highest BCUT2D eigenvalue weighted by atomic mass is 16.5. The van der Waals surface area contributed by atoms with Gasteiger partial charge in [-0.25, -0.2) is 9.97 Å². The standard InChI is InChI=1S/C19H24N4O2/c1-3-15-8-6-7-11-23(15)18(24)14-12-20-19(21-13-14)22-16-9-4-5-10-17(16)25-2/h4-5,9-10,12-13,15H,3,6-8,11H2,1-2H3,(H,20,21,22). The highest BCUT2D eigenvalue weighted by Crippen LogP contribution is 2.26. The number of hydrogen-bond acceptors (Lipinski definition) is 5. The first-order valence-corrected chi connectivity index (χ1v) is 8.76. The maximum absolute atomic E-state index is 12.7. The number of nitrogens with one attached hydrogen (secondary N) is 1. The van der Waals surface area contributed by atoms with Crippen molar-refractivity contribution in [3.8, 4) is 5.75 Å². The van der Waals surface area contributed by atoms with Crippen molar-refractivity contribution in [2.45, 2.75) is 38.6 Å². The van der Waals surface area contributed by atoms with E-state index in [0.29, 0.717) is 23.3 Å². The second-order valence-electron chi connectivity index (χ2n) is 6.18. The molecule has 0 radical (unpaired) electrons. The van der Waals surface area contributed by atoms with Gasteiger partial charge in [0, 0.05) is 25.0 Å². The Balaban J connectivity index is 1.72. The van der Waals surface area contributed by atoms with Crippen molar-refractivity contribution < 1.29 is 9.53 Å². The van der Waals surface area contributed by atoms with Crippen LogP contribution in [0.2, 0.25) is 0 Å². The van der Waals surface area contributed by atoms with Crippen LogP contribution in [-0.2, 0) is 0 Å². The number of para-hydroxylation sites is 2. The van der Waals surface area contributed by atoms with Gasteiger partial charge in [-0.2, -0.15) is 0 Å². The molecule has 6 nitrogen and oxygen atoms in total. The fourth-order valence-corrected chi connectivity index (χ4v) is 3.23. The Labute approximate surface area is 148 Å². The topological polar surface area (TPSA) is 67.4 Å². The molecule has 132 valence electrons. The lowest BCUT2D eigenvalue weighted by Gasteiger charge is -2.35. The van der Waals surface area contributed by atoms with Crippen LogP contribution >= 0.6 is 0 Å². The summed E-state index contributed by atoms with van der Waals surface area (Å²) in [4.78, 5) is 23.3. The number of piperidine rings is 1. The molecule has 2 heterocycles. The van der Waals surface area contributed by atoms with Gasteiger partial charge < -0.3 is 15.0 Å². The van der Waals surface area contributed by atoms with Gasteiger partial charge in [-0.15, -0.1) is 0 Å². The maximum Gasteiger partial charge on any atom is 0.257 e. The Hall–Kier alpha value is -2.63. The van der Waals surface area contributed by atoms with Crippen molar-refractivity contribution in [3.05, 3.63) is 42.2 Å². The minimum Gasteiger partial charge on any atom is -0.495 e.